The van der Waals surface area contributed by atoms with E-state index in [1.165, 1.54) is 0 Å². The lowest BCUT2D eigenvalue weighted by atomic mass is 10.2. The minimum atomic E-state index is -0.235. The average molecular weight is 338 g/mol. The summed E-state index contributed by atoms with van der Waals surface area (Å²) in [5.74, 6) is 1.04. The van der Waals surface area contributed by atoms with Gasteiger partial charge in [-0.3, -0.25) is 9.59 Å². The van der Waals surface area contributed by atoms with Crippen LogP contribution in [-0.4, -0.2) is 36.3 Å². The van der Waals surface area contributed by atoms with Gasteiger partial charge in [0.2, 0.25) is 5.91 Å². The van der Waals surface area contributed by atoms with Crippen LogP contribution in [0.15, 0.2) is 54.6 Å². The van der Waals surface area contributed by atoms with Crippen LogP contribution in [0, 0.1) is 0 Å². The van der Waals surface area contributed by atoms with Crippen molar-refractivity contribution in [3.05, 3.63) is 60.2 Å². The number of likely N-dealkylation sites (tertiary alicyclic amines) is 1. The summed E-state index contributed by atoms with van der Waals surface area (Å²) >= 11 is 0. The molecule has 0 bridgehead atoms. The fourth-order valence-corrected chi connectivity index (χ4v) is 2.86. The van der Waals surface area contributed by atoms with Crippen molar-refractivity contribution in [2.45, 2.75) is 19.3 Å². The van der Waals surface area contributed by atoms with Gasteiger partial charge in [-0.15, -0.1) is 0 Å². The second-order valence-electron chi connectivity index (χ2n) is 6.01. The van der Waals surface area contributed by atoms with Gasteiger partial charge in [-0.1, -0.05) is 30.3 Å². The van der Waals surface area contributed by atoms with Crippen LogP contribution in [0.25, 0.3) is 0 Å². The molecule has 1 heterocycles. The maximum atomic E-state index is 12.4. The second-order valence-corrected chi connectivity index (χ2v) is 6.01. The Kier molecular flexibility index (Phi) is 5.67. The van der Waals surface area contributed by atoms with Gasteiger partial charge in [0.1, 0.15) is 11.5 Å². The number of carbonyl (C=O) groups excluding carboxylic acids is 2. The molecule has 0 atom stereocenters. The largest absolute Gasteiger partial charge is 0.457 e. The zero-order valence-corrected chi connectivity index (χ0v) is 14.1. The first-order valence-corrected chi connectivity index (χ1v) is 8.62. The van der Waals surface area contributed by atoms with Crippen LogP contribution in [0.3, 0.4) is 0 Å². The van der Waals surface area contributed by atoms with Gasteiger partial charge in [-0.25, -0.2) is 0 Å². The number of carbonyl (C=O) groups is 2. The van der Waals surface area contributed by atoms with Gasteiger partial charge in [0, 0.05) is 26.1 Å². The summed E-state index contributed by atoms with van der Waals surface area (Å²) in [7, 11) is 0. The van der Waals surface area contributed by atoms with E-state index in [-0.39, 0.29) is 11.8 Å². The van der Waals surface area contributed by atoms with Crippen molar-refractivity contribution in [2.24, 2.45) is 0 Å². The van der Waals surface area contributed by atoms with Crippen molar-refractivity contribution in [2.75, 3.05) is 19.6 Å². The smallest absolute Gasteiger partial charge is 0.255 e. The molecule has 0 spiro atoms. The first-order valence-electron chi connectivity index (χ1n) is 8.62. The molecule has 0 radical (unpaired) electrons. The Hall–Kier alpha value is -2.82. The lowest BCUT2D eigenvalue weighted by Gasteiger charge is -2.15. The highest BCUT2D eigenvalue weighted by atomic mass is 16.5. The van der Waals surface area contributed by atoms with Gasteiger partial charge in [0.15, 0.2) is 0 Å². The summed E-state index contributed by atoms with van der Waals surface area (Å²) in [6, 6.07) is 16.4. The molecule has 1 aliphatic heterocycles. The van der Waals surface area contributed by atoms with Crippen LogP contribution in [-0.2, 0) is 4.79 Å². The minimum Gasteiger partial charge on any atom is -0.457 e. The molecule has 25 heavy (non-hydrogen) atoms. The molecule has 3 rings (SSSR count). The van der Waals surface area contributed by atoms with E-state index in [0.29, 0.717) is 30.0 Å². The molecule has 1 saturated heterocycles. The molecule has 0 unspecified atom stereocenters. The highest BCUT2D eigenvalue weighted by Crippen LogP contribution is 2.24. The standard InChI is InChI=1S/C20H22N2O3/c23-19(22-14-6-7-15-22)12-13-21-20(24)17-10-4-5-11-18(17)25-16-8-2-1-3-9-16/h1-5,8-11H,6-7,12-15H2,(H,21,24). The Balaban J connectivity index is 1.57. The Bertz CT molecular complexity index is 725. The van der Waals surface area contributed by atoms with Crippen LogP contribution in [0.1, 0.15) is 29.6 Å². The topological polar surface area (TPSA) is 58.6 Å². The average Bonchev–Trinajstić information content (AvgIpc) is 3.18. The predicted octanol–water partition coefficient (Wildman–Crippen LogP) is 3.22. The van der Waals surface area contributed by atoms with Gasteiger partial charge < -0.3 is 15.0 Å². The molecule has 5 nitrogen and oxygen atoms in total. The Morgan fingerprint density at radius 2 is 1.64 bits per heavy atom. The quantitative estimate of drug-likeness (QED) is 0.880. The van der Waals surface area contributed by atoms with E-state index >= 15 is 0 Å². The van der Waals surface area contributed by atoms with Crippen LogP contribution >= 0.6 is 0 Å². The number of rotatable bonds is 6. The Labute approximate surface area is 147 Å². The molecular weight excluding hydrogens is 316 g/mol. The van der Waals surface area contributed by atoms with Crippen molar-refractivity contribution in [1.29, 1.82) is 0 Å². The fraction of sp³-hybridized carbons (Fsp3) is 0.300. The van der Waals surface area contributed by atoms with Crippen LogP contribution in [0.4, 0.5) is 0 Å². The van der Waals surface area contributed by atoms with E-state index in [2.05, 4.69) is 5.32 Å². The molecule has 1 aliphatic rings. The molecule has 5 heteroatoms. The van der Waals surface area contributed by atoms with E-state index in [9.17, 15) is 9.59 Å². The predicted molar refractivity (Wildman–Crippen MR) is 95.7 cm³/mol. The van der Waals surface area contributed by atoms with Crippen molar-refractivity contribution < 1.29 is 14.3 Å². The summed E-state index contributed by atoms with van der Waals surface area (Å²) in [4.78, 5) is 26.3. The number of hydrogen-bond acceptors (Lipinski definition) is 3. The van der Waals surface area contributed by atoms with E-state index in [1.807, 2.05) is 41.3 Å². The van der Waals surface area contributed by atoms with Crippen molar-refractivity contribution in [3.8, 4) is 11.5 Å². The lowest BCUT2D eigenvalue weighted by Crippen LogP contribution is -2.32. The van der Waals surface area contributed by atoms with Crippen LogP contribution in [0.5, 0.6) is 11.5 Å². The molecule has 1 fully saturated rings. The third-order valence-electron chi connectivity index (χ3n) is 4.19. The number of amides is 2. The van der Waals surface area contributed by atoms with E-state index < -0.39 is 0 Å². The van der Waals surface area contributed by atoms with Crippen molar-refractivity contribution >= 4 is 11.8 Å². The SMILES string of the molecule is O=C(NCCC(=O)N1CCCC1)c1ccccc1Oc1ccccc1. The number of nitrogens with one attached hydrogen (secondary N) is 1. The molecule has 0 saturated carbocycles. The van der Waals surface area contributed by atoms with E-state index in [0.717, 1.165) is 25.9 Å². The number of hydrogen-bond donors (Lipinski definition) is 1. The Morgan fingerprint density at radius 3 is 2.40 bits per heavy atom. The molecular formula is C20H22N2O3. The van der Waals surface area contributed by atoms with E-state index in [1.54, 1.807) is 18.2 Å². The monoisotopic (exact) mass is 338 g/mol. The van der Waals surface area contributed by atoms with Crippen molar-refractivity contribution in [3.63, 3.8) is 0 Å². The zero-order chi connectivity index (χ0) is 17.5. The molecule has 2 amide bonds. The molecule has 2 aromatic carbocycles. The van der Waals surface area contributed by atoms with Gasteiger partial charge in [-0.05, 0) is 37.1 Å². The van der Waals surface area contributed by atoms with Crippen LogP contribution in [0.2, 0.25) is 0 Å². The first-order chi connectivity index (χ1) is 12.2. The van der Waals surface area contributed by atoms with Gasteiger partial charge >= 0.3 is 0 Å². The summed E-state index contributed by atoms with van der Waals surface area (Å²) in [6.45, 7) is 1.99. The number of para-hydroxylation sites is 2. The summed E-state index contributed by atoms with van der Waals surface area (Å²) in [5, 5.41) is 2.81. The highest BCUT2D eigenvalue weighted by molar-refractivity contribution is 5.97. The van der Waals surface area contributed by atoms with Crippen LogP contribution < -0.4 is 10.1 Å². The van der Waals surface area contributed by atoms with Gasteiger partial charge in [-0.2, -0.15) is 0 Å². The molecule has 2 aromatic rings. The zero-order valence-electron chi connectivity index (χ0n) is 14.1. The number of benzene rings is 2. The minimum absolute atomic E-state index is 0.103. The van der Waals surface area contributed by atoms with Crippen molar-refractivity contribution in [1.82, 2.24) is 10.2 Å². The maximum absolute atomic E-state index is 12.4. The molecule has 1 N–H and O–H groups in total. The third-order valence-corrected chi connectivity index (χ3v) is 4.19. The highest BCUT2D eigenvalue weighted by Gasteiger charge is 2.18. The number of nitrogens with zero attached hydrogens (tertiary/aromatic N) is 1. The molecule has 0 aliphatic carbocycles. The molecule has 130 valence electrons. The van der Waals surface area contributed by atoms with Gasteiger partial charge in [0.25, 0.3) is 5.91 Å². The fourth-order valence-electron chi connectivity index (χ4n) is 2.86. The number of ether oxygens (including phenoxy) is 1. The normalized spacial score (nSPS) is 13.5. The summed E-state index contributed by atoms with van der Waals surface area (Å²) < 4.78 is 5.80. The summed E-state index contributed by atoms with van der Waals surface area (Å²) in [5.41, 5.74) is 0.458. The summed E-state index contributed by atoms with van der Waals surface area (Å²) in [6.07, 6.45) is 2.47. The maximum Gasteiger partial charge on any atom is 0.255 e. The Morgan fingerprint density at radius 1 is 0.960 bits per heavy atom. The second kappa shape index (κ2) is 8.33. The first kappa shape index (κ1) is 17.0. The van der Waals surface area contributed by atoms with E-state index in [4.69, 9.17) is 4.74 Å². The third kappa shape index (κ3) is 4.59. The molecule has 0 aromatic heterocycles. The van der Waals surface area contributed by atoms with Gasteiger partial charge in [0.05, 0.1) is 5.56 Å². The lowest BCUT2D eigenvalue weighted by molar-refractivity contribution is -0.129.